The van der Waals surface area contributed by atoms with Crippen LogP contribution in [0.4, 0.5) is 0 Å². The van der Waals surface area contributed by atoms with Crippen molar-refractivity contribution >= 4 is 27.7 Å². The van der Waals surface area contributed by atoms with Gasteiger partial charge in [-0.25, -0.2) is 0 Å². The van der Waals surface area contributed by atoms with Crippen LogP contribution in [-0.2, 0) is 16.0 Å². The molecule has 0 spiro atoms. The van der Waals surface area contributed by atoms with Gasteiger partial charge in [-0.3, -0.25) is 9.59 Å². The normalized spacial score (nSPS) is 22.3. The summed E-state index contributed by atoms with van der Waals surface area (Å²) in [6.07, 6.45) is 2.39. The number of amides is 2. The van der Waals surface area contributed by atoms with Gasteiger partial charge in [0.2, 0.25) is 11.8 Å². The van der Waals surface area contributed by atoms with Crippen molar-refractivity contribution in [3.63, 3.8) is 0 Å². The number of nitrogens with one attached hydrogen (secondary N) is 1. The van der Waals surface area contributed by atoms with E-state index in [9.17, 15) is 9.59 Å². The van der Waals surface area contributed by atoms with E-state index < -0.39 is 0 Å². The van der Waals surface area contributed by atoms with Gasteiger partial charge < -0.3 is 15.1 Å². The maximum absolute atomic E-state index is 12.6. The van der Waals surface area contributed by atoms with E-state index >= 15 is 0 Å². The molecule has 0 radical (unpaired) electrons. The number of likely N-dealkylation sites (tertiary alicyclic amines) is 1. The SMILES string of the molecule is O=C(Cc1ccc(Br)cc1)N1CCCC(N2CCNCC2=O)C1. The van der Waals surface area contributed by atoms with Crippen LogP contribution in [0.2, 0.25) is 0 Å². The number of rotatable bonds is 3. The minimum atomic E-state index is 0.152. The number of halogens is 1. The molecule has 2 aliphatic heterocycles. The highest BCUT2D eigenvalue weighted by Crippen LogP contribution is 2.18. The van der Waals surface area contributed by atoms with Crippen LogP contribution in [-0.4, -0.2) is 60.4 Å². The molecule has 1 unspecified atom stereocenters. The molecule has 0 aromatic heterocycles. The third-order valence-corrected chi connectivity index (χ3v) is 5.11. The Balaban J connectivity index is 1.60. The van der Waals surface area contributed by atoms with Crippen molar-refractivity contribution in [3.05, 3.63) is 34.3 Å². The molecule has 3 rings (SSSR count). The van der Waals surface area contributed by atoms with Crippen molar-refractivity contribution in [1.82, 2.24) is 15.1 Å². The molecule has 2 amide bonds. The smallest absolute Gasteiger partial charge is 0.236 e. The zero-order chi connectivity index (χ0) is 16.2. The van der Waals surface area contributed by atoms with Crippen LogP contribution in [0.15, 0.2) is 28.7 Å². The summed E-state index contributed by atoms with van der Waals surface area (Å²) in [6.45, 7) is 3.48. The second-order valence-electron chi connectivity index (χ2n) is 6.20. The van der Waals surface area contributed by atoms with Crippen molar-refractivity contribution in [2.24, 2.45) is 0 Å². The molecule has 23 heavy (non-hydrogen) atoms. The van der Waals surface area contributed by atoms with Gasteiger partial charge in [-0.05, 0) is 30.5 Å². The fraction of sp³-hybridized carbons (Fsp3) is 0.529. The molecular weight excluding hydrogens is 358 g/mol. The zero-order valence-corrected chi connectivity index (χ0v) is 14.7. The van der Waals surface area contributed by atoms with Crippen LogP contribution >= 0.6 is 15.9 Å². The predicted molar refractivity (Wildman–Crippen MR) is 92.0 cm³/mol. The summed E-state index contributed by atoms with van der Waals surface area (Å²) in [5.41, 5.74) is 1.03. The predicted octanol–water partition coefficient (Wildman–Crippen LogP) is 1.41. The molecule has 2 aliphatic rings. The minimum Gasteiger partial charge on any atom is -0.340 e. The largest absolute Gasteiger partial charge is 0.340 e. The van der Waals surface area contributed by atoms with Gasteiger partial charge in [0.05, 0.1) is 13.0 Å². The minimum absolute atomic E-state index is 0.152. The van der Waals surface area contributed by atoms with Crippen molar-refractivity contribution in [1.29, 1.82) is 0 Å². The number of piperazine rings is 1. The van der Waals surface area contributed by atoms with Crippen LogP contribution < -0.4 is 5.32 Å². The Morgan fingerprint density at radius 3 is 2.78 bits per heavy atom. The first-order valence-corrected chi connectivity index (χ1v) is 8.95. The molecule has 124 valence electrons. The maximum Gasteiger partial charge on any atom is 0.236 e. The number of carbonyl (C=O) groups is 2. The molecule has 0 bridgehead atoms. The van der Waals surface area contributed by atoms with Gasteiger partial charge in [0.15, 0.2) is 0 Å². The highest BCUT2D eigenvalue weighted by Gasteiger charge is 2.31. The molecule has 2 fully saturated rings. The lowest BCUT2D eigenvalue weighted by Gasteiger charge is -2.41. The van der Waals surface area contributed by atoms with Gasteiger partial charge in [-0.1, -0.05) is 28.1 Å². The third-order valence-electron chi connectivity index (χ3n) is 4.58. The Bertz CT molecular complexity index is 576. The first-order chi connectivity index (χ1) is 11.1. The average molecular weight is 380 g/mol. The van der Waals surface area contributed by atoms with Gasteiger partial charge in [-0.2, -0.15) is 0 Å². The van der Waals surface area contributed by atoms with Crippen LogP contribution in [0.5, 0.6) is 0 Å². The number of nitrogens with zero attached hydrogens (tertiary/aromatic N) is 2. The fourth-order valence-corrected chi connectivity index (χ4v) is 3.60. The van der Waals surface area contributed by atoms with Gasteiger partial charge in [0.1, 0.15) is 0 Å². The second kappa shape index (κ2) is 7.45. The molecule has 1 aromatic carbocycles. The molecule has 2 saturated heterocycles. The number of benzene rings is 1. The lowest BCUT2D eigenvalue weighted by Crippen LogP contribution is -2.57. The first-order valence-electron chi connectivity index (χ1n) is 8.16. The van der Waals surface area contributed by atoms with E-state index in [1.165, 1.54) is 0 Å². The van der Waals surface area contributed by atoms with E-state index in [4.69, 9.17) is 0 Å². The number of piperidine rings is 1. The molecule has 1 atom stereocenters. The quantitative estimate of drug-likeness (QED) is 0.863. The van der Waals surface area contributed by atoms with E-state index in [2.05, 4.69) is 21.2 Å². The summed E-state index contributed by atoms with van der Waals surface area (Å²) in [5, 5.41) is 3.10. The molecule has 6 heteroatoms. The number of carbonyl (C=O) groups excluding carboxylic acids is 2. The van der Waals surface area contributed by atoms with Crippen molar-refractivity contribution < 1.29 is 9.59 Å². The van der Waals surface area contributed by atoms with E-state index in [0.717, 1.165) is 42.5 Å². The molecule has 0 saturated carbocycles. The Morgan fingerprint density at radius 2 is 2.04 bits per heavy atom. The van der Waals surface area contributed by atoms with Gasteiger partial charge in [0.25, 0.3) is 0 Å². The molecular formula is C17H22BrN3O2. The maximum atomic E-state index is 12.6. The van der Waals surface area contributed by atoms with Crippen molar-refractivity contribution in [3.8, 4) is 0 Å². The molecule has 5 nitrogen and oxygen atoms in total. The van der Waals surface area contributed by atoms with E-state index in [0.29, 0.717) is 19.5 Å². The van der Waals surface area contributed by atoms with E-state index in [1.54, 1.807) is 0 Å². The Labute approximate surface area is 145 Å². The van der Waals surface area contributed by atoms with E-state index in [-0.39, 0.29) is 17.9 Å². The second-order valence-corrected chi connectivity index (χ2v) is 7.12. The Hall–Kier alpha value is -1.40. The van der Waals surface area contributed by atoms with E-state index in [1.807, 2.05) is 34.1 Å². The highest BCUT2D eigenvalue weighted by atomic mass is 79.9. The lowest BCUT2D eigenvalue weighted by atomic mass is 10.0. The van der Waals surface area contributed by atoms with Crippen LogP contribution in [0.1, 0.15) is 18.4 Å². The fourth-order valence-electron chi connectivity index (χ4n) is 3.33. The standard InChI is InChI=1S/C17H22BrN3O2/c18-14-5-3-13(4-6-14)10-16(22)20-8-1-2-15(12-20)21-9-7-19-11-17(21)23/h3-6,15,19H,1-2,7-12H2. The van der Waals surface area contributed by atoms with Gasteiger partial charge in [-0.15, -0.1) is 0 Å². The van der Waals surface area contributed by atoms with Crippen molar-refractivity contribution in [2.75, 3.05) is 32.7 Å². The summed E-state index contributed by atoms with van der Waals surface area (Å²) < 4.78 is 1.02. The molecule has 0 aliphatic carbocycles. The topological polar surface area (TPSA) is 52.7 Å². The monoisotopic (exact) mass is 379 g/mol. The first kappa shape index (κ1) is 16.5. The lowest BCUT2D eigenvalue weighted by molar-refractivity contribution is -0.140. The average Bonchev–Trinajstić information content (AvgIpc) is 2.57. The van der Waals surface area contributed by atoms with Gasteiger partial charge in [0, 0.05) is 36.7 Å². The highest BCUT2D eigenvalue weighted by molar-refractivity contribution is 9.10. The summed E-state index contributed by atoms with van der Waals surface area (Å²) in [5.74, 6) is 0.308. The number of hydrogen-bond acceptors (Lipinski definition) is 3. The third kappa shape index (κ3) is 4.12. The van der Waals surface area contributed by atoms with Crippen LogP contribution in [0, 0.1) is 0 Å². The zero-order valence-electron chi connectivity index (χ0n) is 13.1. The molecule has 1 N–H and O–H groups in total. The van der Waals surface area contributed by atoms with Crippen LogP contribution in [0.25, 0.3) is 0 Å². The summed E-state index contributed by atoms with van der Waals surface area (Å²) in [7, 11) is 0. The summed E-state index contributed by atoms with van der Waals surface area (Å²) >= 11 is 3.41. The van der Waals surface area contributed by atoms with Gasteiger partial charge >= 0.3 is 0 Å². The van der Waals surface area contributed by atoms with Crippen LogP contribution in [0.3, 0.4) is 0 Å². The summed E-state index contributed by atoms with van der Waals surface area (Å²) in [6, 6.07) is 8.04. The Kier molecular flexibility index (Phi) is 5.33. The Morgan fingerprint density at radius 1 is 1.26 bits per heavy atom. The summed E-state index contributed by atoms with van der Waals surface area (Å²) in [4.78, 5) is 28.5. The molecule has 1 aromatic rings. The van der Waals surface area contributed by atoms with Crippen molar-refractivity contribution in [2.45, 2.75) is 25.3 Å². The number of hydrogen-bond donors (Lipinski definition) is 1. The molecule has 2 heterocycles.